The number of phenols is 1. The maximum Gasteiger partial charge on any atom is 0.266 e. The number of carbonyl (C=O) groups is 2. The molecule has 0 aromatic heterocycles. The van der Waals surface area contributed by atoms with Crippen molar-refractivity contribution in [2.45, 2.75) is 6.92 Å². The quantitative estimate of drug-likeness (QED) is 0.296. The zero-order valence-electron chi connectivity index (χ0n) is 17.3. The Bertz CT molecular complexity index is 1180. The first-order valence-corrected chi connectivity index (χ1v) is 9.75. The Kier molecular flexibility index (Phi) is 7.23. The summed E-state index contributed by atoms with van der Waals surface area (Å²) in [5, 5.41) is 24.1. The Morgan fingerprint density at radius 2 is 1.59 bits per heavy atom. The minimum absolute atomic E-state index is 0.0662. The number of phenolic OH excluding ortho intramolecular Hbond substituents is 1. The van der Waals surface area contributed by atoms with E-state index in [1.54, 1.807) is 36.4 Å². The van der Waals surface area contributed by atoms with Crippen molar-refractivity contribution in [2.75, 3.05) is 17.2 Å². The molecule has 0 bridgehead atoms. The number of hydrogen-bond donors (Lipinski definition) is 3. The number of rotatable bonds is 7. The van der Waals surface area contributed by atoms with Crippen LogP contribution in [0.3, 0.4) is 0 Å². The van der Waals surface area contributed by atoms with Gasteiger partial charge in [-0.05, 0) is 55.5 Å². The van der Waals surface area contributed by atoms with Crippen LogP contribution in [0.5, 0.6) is 11.5 Å². The van der Waals surface area contributed by atoms with Crippen molar-refractivity contribution in [3.05, 3.63) is 89.5 Å². The summed E-state index contributed by atoms with van der Waals surface area (Å²) in [5.74, 6) is -0.517. The van der Waals surface area contributed by atoms with Gasteiger partial charge in [-0.25, -0.2) is 0 Å². The van der Waals surface area contributed by atoms with Crippen molar-refractivity contribution in [1.29, 1.82) is 5.26 Å². The van der Waals surface area contributed by atoms with Crippen LogP contribution < -0.4 is 15.4 Å². The summed E-state index contributed by atoms with van der Waals surface area (Å²) in [5.41, 5.74) is 2.52. The van der Waals surface area contributed by atoms with Crippen LogP contribution in [-0.2, 0) is 9.59 Å². The highest BCUT2D eigenvalue weighted by atomic mass is 16.5. The normalized spacial score (nSPS) is 10.7. The van der Waals surface area contributed by atoms with Crippen molar-refractivity contribution >= 4 is 29.3 Å². The van der Waals surface area contributed by atoms with E-state index in [1.165, 1.54) is 30.3 Å². The molecule has 0 aliphatic heterocycles. The highest BCUT2D eigenvalue weighted by Crippen LogP contribution is 2.22. The van der Waals surface area contributed by atoms with Crippen LogP contribution in [-0.4, -0.2) is 23.5 Å². The van der Waals surface area contributed by atoms with E-state index in [0.29, 0.717) is 22.7 Å². The predicted molar refractivity (Wildman–Crippen MR) is 122 cm³/mol. The van der Waals surface area contributed by atoms with Crippen LogP contribution in [0.1, 0.15) is 11.1 Å². The molecule has 160 valence electrons. The standard InChI is InChI=1S/C25H21N3O4/c1-17-6-8-20(9-7-17)27-24(30)16-32-23-5-3-2-4-18(23)14-19(15-26)25(31)28-21-10-12-22(29)13-11-21/h2-14,29H,16H2,1H3,(H,27,30)(H,28,31)/b19-14+. The number of carbonyl (C=O) groups excluding carboxylic acids is 2. The van der Waals surface area contributed by atoms with Gasteiger partial charge in [0.15, 0.2) is 6.61 Å². The minimum atomic E-state index is -0.606. The summed E-state index contributed by atoms with van der Waals surface area (Å²) in [7, 11) is 0. The number of anilines is 2. The third kappa shape index (κ3) is 6.21. The van der Waals surface area contributed by atoms with Crippen LogP contribution in [0, 0.1) is 18.3 Å². The Morgan fingerprint density at radius 1 is 0.969 bits per heavy atom. The fourth-order valence-corrected chi connectivity index (χ4v) is 2.76. The average Bonchev–Trinajstić information content (AvgIpc) is 2.79. The third-order valence-corrected chi connectivity index (χ3v) is 4.40. The second kappa shape index (κ2) is 10.5. The van der Waals surface area contributed by atoms with Crippen molar-refractivity contribution in [3.8, 4) is 17.6 Å². The summed E-state index contributed by atoms with van der Waals surface area (Å²) in [6.07, 6.45) is 1.39. The van der Waals surface area contributed by atoms with E-state index in [0.717, 1.165) is 5.56 Å². The zero-order chi connectivity index (χ0) is 22.9. The number of nitrogens with one attached hydrogen (secondary N) is 2. The second-order valence-corrected chi connectivity index (χ2v) is 6.91. The number of ether oxygens (including phenoxy) is 1. The van der Waals surface area contributed by atoms with Crippen LogP contribution in [0.25, 0.3) is 6.08 Å². The Hall–Kier alpha value is -4.57. The lowest BCUT2D eigenvalue weighted by molar-refractivity contribution is -0.118. The number of para-hydroxylation sites is 1. The van der Waals surface area contributed by atoms with Crippen LogP contribution >= 0.6 is 0 Å². The summed E-state index contributed by atoms with van der Waals surface area (Å²) >= 11 is 0. The van der Waals surface area contributed by atoms with Gasteiger partial charge >= 0.3 is 0 Å². The van der Waals surface area contributed by atoms with Gasteiger partial charge in [0.1, 0.15) is 23.1 Å². The first kappa shape index (κ1) is 22.1. The molecule has 7 heteroatoms. The van der Waals surface area contributed by atoms with Gasteiger partial charge in [0.2, 0.25) is 0 Å². The third-order valence-electron chi connectivity index (χ3n) is 4.40. The number of aryl methyl sites for hydroxylation is 1. The van der Waals surface area contributed by atoms with Crippen LogP contribution in [0.15, 0.2) is 78.4 Å². The van der Waals surface area contributed by atoms with E-state index in [-0.39, 0.29) is 23.8 Å². The number of aromatic hydroxyl groups is 1. The molecule has 3 N–H and O–H groups in total. The van der Waals surface area contributed by atoms with E-state index >= 15 is 0 Å². The minimum Gasteiger partial charge on any atom is -0.508 e. The molecule has 0 fully saturated rings. The van der Waals surface area contributed by atoms with Gasteiger partial charge in [0.05, 0.1) is 0 Å². The Morgan fingerprint density at radius 3 is 2.28 bits per heavy atom. The number of amides is 2. The molecule has 0 radical (unpaired) electrons. The molecule has 3 aromatic rings. The molecule has 0 atom stereocenters. The van der Waals surface area contributed by atoms with Crippen molar-refractivity contribution in [3.63, 3.8) is 0 Å². The lowest BCUT2D eigenvalue weighted by Crippen LogP contribution is -2.20. The summed E-state index contributed by atoms with van der Waals surface area (Å²) in [6.45, 7) is 1.72. The summed E-state index contributed by atoms with van der Waals surface area (Å²) in [4.78, 5) is 24.7. The smallest absolute Gasteiger partial charge is 0.266 e. The van der Waals surface area contributed by atoms with Gasteiger partial charge in [0.25, 0.3) is 11.8 Å². The van der Waals surface area contributed by atoms with Crippen LogP contribution in [0.4, 0.5) is 11.4 Å². The van der Waals surface area contributed by atoms with E-state index in [1.807, 2.05) is 25.1 Å². The Labute approximate surface area is 185 Å². The van der Waals surface area contributed by atoms with E-state index in [2.05, 4.69) is 10.6 Å². The molecule has 3 aromatic carbocycles. The molecule has 0 saturated heterocycles. The van der Waals surface area contributed by atoms with Crippen molar-refractivity contribution in [2.24, 2.45) is 0 Å². The van der Waals surface area contributed by atoms with Crippen molar-refractivity contribution < 1.29 is 19.4 Å². The van der Waals surface area contributed by atoms with E-state index < -0.39 is 5.91 Å². The second-order valence-electron chi connectivity index (χ2n) is 6.91. The molecule has 0 heterocycles. The van der Waals surface area contributed by atoms with Gasteiger partial charge < -0.3 is 20.5 Å². The lowest BCUT2D eigenvalue weighted by atomic mass is 10.1. The topological polar surface area (TPSA) is 111 Å². The van der Waals surface area contributed by atoms with E-state index in [9.17, 15) is 20.0 Å². The number of nitrogens with zero attached hydrogens (tertiary/aromatic N) is 1. The monoisotopic (exact) mass is 427 g/mol. The van der Waals surface area contributed by atoms with Gasteiger partial charge in [-0.2, -0.15) is 5.26 Å². The molecule has 3 rings (SSSR count). The zero-order valence-corrected chi connectivity index (χ0v) is 17.3. The molecular formula is C25H21N3O4. The number of benzene rings is 3. The van der Waals surface area contributed by atoms with Gasteiger partial charge in [-0.1, -0.05) is 35.9 Å². The SMILES string of the molecule is Cc1ccc(NC(=O)COc2ccccc2/C=C(\C#N)C(=O)Nc2ccc(O)cc2)cc1. The molecule has 2 amide bonds. The first-order valence-electron chi connectivity index (χ1n) is 9.75. The summed E-state index contributed by atoms with van der Waals surface area (Å²) in [6, 6.07) is 21.9. The molecule has 0 aliphatic rings. The predicted octanol–water partition coefficient (Wildman–Crippen LogP) is 4.26. The molecule has 0 unspecified atom stereocenters. The molecule has 7 nitrogen and oxygen atoms in total. The highest BCUT2D eigenvalue weighted by molar-refractivity contribution is 6.09. The molecule has 0 spiro atoms. The largest absolute Gasteiger partial charge is 0.508 e. The number of nitriles is 1. The molecule has 0 saturated carbocycles. The molecule has 0 aliphatic carbocycles. The molecule has 32 heavy (non-hydrogen) atoms. The summed E-state index contributed by atoms with van der Waals surface area (Å²) < 4.78 is 5.63. The van der Waals surface area contributed by atoms with E-state index in [4.69, 9.17) is 4.74 Å². The lowest BCUT2D eigenvalue weighted by Gasteiger charge is -2.10. The molecular weight excluding hydrogens is 406 g/mol. The van der Waals surface area contributed by atoms with Crippen molar-refractivity contribution in [1.82, 2.24) is 0 Å². The maximum absolute atomic E-state index is 12.5. The highest BCUT2D eigenvalue weighted by Gasteiger charge is 2.12. The number of hydrogen-bond acceptors (Lipinski definition) is 5. The van der Waals surface area contributed by atoms with Gasteiger partial charge in [0, 0.05) is 16.9 Å². The Balaban J connectivity index is 1.68. The fourth-order valence-electron chi connectivity index (χ4n) is 2.76. The fraction of sp³-hybridized carbons (Fsp3) is 0.0800. The van der Waals surface area contributed by atoms with Crippen LogP contribution in [0.2, 0.25) is 0 Å². The van der Waals surface area contributed by atoms with Gasteiger partial charge in [-0.15, -0.1) is 0 Å². The van der Waals surface area contributed by atoms with Gasteiger partial charge in [-0.3, -0.25) is 9.59 Å². The maximum atomic E-state index is 12.5. The average molecular weight is 427 g/mol. The first-order chi connectivity index (χ1) is 15.4.